The van der Waals surface area contributed by atoms with E-state index >= 15 is 0 Å². The van der Waals surface area contributed by atoms with Crippen LogP contribution in [0.1, 0.15) is 13.3 Å². The number of piperazine rings is 1. The number of nitrogens with zero attached hydrogens (tertiary/aromatic N) is 3. The van der Waals surface area contributed by atoms with Crippen molar-refractivity contribution >= 4 is 17.6 Å². The zero-order chi connectivity index (χ0) is 17.4. The van der Waals surface area contributed by atoms with Gasteiger partial charge in [0.15, 0.2) is 5.96 Å². The molecule has 0 aromatic heterocycles. The quantitative estimate of drug-likeness (QED) is 0.501. The van der Waals surface area contributed by atoms with Crippen molar-refractivity contribution in [3.63, 3.8) is 0 Å². The summed E-state index contributed by atoms with van der Waals surface area (Å²) in [5.74, 6) is 0.332. The minimum absolute atomic E-state index is 0.190. The molecule has 0 saturated carbocycles. The number of esters is 1. The number of hydrogen-bond acceptors (Lipinski definition) is 4. The molecule has 1 N–H and O–H groups in total. The minimum Gasteiger partial charge on any atom is -0.469 e. The van der Waals surface area contributed by atoms with Crippen molar-refractivity contribution in [1.82, 2.24) is 10.2 Å². The molecule has 132 valence electrons. The van der Waals surface area contributed by atoms with E-state index in [4.69, 9.17) is 0 Å². The molecule has 1 heterocycles. The molecule has 1 saturated heterocycles. The highest BCUT2D eigenvalue weighted by molar-refractivity contribution is 5.80. The van der Waals surface area contributed by atoms with Crippen molar-refractivity contribution < 1.29 is 13.9 Å². The maximum absolute atomic E-state index is 13.9. The highest BCUT2D eigenvalue weighted by atomic mass is 19.1. The molecule has 0 unspecified atom stereocenters. The Bertz CT molecular complexity index is 571. The number of guanidine groups is 1. The van der Waals surface area contributed by atoms with E-state index in [9.17, 15) is 9.18 Å². The first-order valence-corrected chi connectivity index (χ1v) is 8.25. The fourth-order valence-corrected chi connectivity index (χ4v) is 2.65. The number of anilines is 1. The van der Waals surface area contributed by atoms with Gasteiger partial charge in [-0.05, 0) is 19.1 Å². The van der Waals surface area contributed by atoms with Gasteiger partial charge in [0.2, 0.25) is 0 Å². The number of aliphatic imine (C=N–C) groups is 1. The molecule has 1 fully saturated rings. The number of para-hydroxylation sites is 1. The Morgan fingerprint density at radius 2 is 2.00 bits per heavy atom. The van der Waals surface area contributed by atoms with Crippen LogP contribution in [0.2, 0.25) is 0 Å². The van der Waals surface area contributed by atoms with Crippen molar-refractivity contribution in [3.05, 3.63) is 30.1 Å². The number of benzene rings is 1. The lowest BCUT2D eigenvalue weighted by Crippen LogP contribution is -2.52. The predicted molar refractivity (Wildman–Crippen MR) is 92.8 cm³/mol. The topological polar surface area (TPSA) is 57.2 Å². The SMILES string of the molecule is CCNC(=NCCC(=O)OC)N1CCN(c2ccccc2F)CC1. The average Bonchev–Trinajstić information content (AvgIpc) is 2.61. The Balaban J connectivity index is 1.93. The molecule has 0 bridgehead atoms. The number of carbonyl (C=O) groups is 1. The lowest BCUT2D eigenvalue weighted by molar-refractivity contribution is -0.140. The number of nitrogens with one attached hydrogen (secondary N) is 1. The van der Waals surface area contributed by atoms with Crippen LogP contribution in [0.3, 0.4) is 0 Å². The number of halogens is 1. The maximum atomic E-state index is 13.9. The van der Waals surface area contributed by atoms with Gasteiger partial charge in [-0.1, -0.05) is 12.1 Å². The molecule has 7 heteroatoms. The van der Waals surface area contributed by atoms with Gasteiger partial charge >= 0.3 is 5.97 Å². The molecule has 2 rings (SSSR count). The Morgan fingerprint density at radius 3 is 2.62 bits per heavy atom. The maximum Gasteiger partial charge on any atom is 0.307 e. The monoisotopic (exact) mass is 336 g/mol. The molecule has 1 aliphatic heterocycles. The summed E-state index contributed by atoms with van der Waals surface area (Å²) in [6.07, 6.45) is 0.264. The van der Waals surface area contributed by atoms with Crippen molar-refractivity contribution in [2.24, 2.45) is 4.99 Å². The lowest BCUT2D eigenvalue weighted by Gasteiger charge is -2.37. The number of hydrogen-bond donors (Lipinski definition) is 1. The molecule has 0 aliphatic carbocycles. The highest BCUT2D eigenvalue weighted by Crippen LogP contribution is 2.20. The third-order valence-electron chi connectivity index (χ3n) is 3.91. The number of methoxy groups -OCH3 is 1. The van der Waals surface area contributed by atoms with Gasteiger partial charge in [-0.15, -0.1) is 0 Å². The van der Waals surface area contributed by atoms with Crippen molar-refractivity contribution in [1.29, 1.82) is 0 Å². The molecule has 6 nitrogen and oxygen atoms in total. The van der Waals surface area contributed by atoms with Crippen molar-refractivity contribution in [3.8, 4) is 0 Å². The molecular weight excluding hydrogens is 311 g/mol. The van der Waals surface area contributed by atoms with E-state index in [1.807, 2.05) is 17.9 Å². The van der Waals surface area contributed by atoms with Gasteiger partial charge in [-0.25, -0.2) is 4.39 Å². The molecular formula is C17H25FN4O2. The Morgan fingerprint density at radius 1 is 1.29 bits per heavy atom. The molecule has 1 aliphatic rings. The van der Waals surface area contributed by atoms with Crippen molar-refractivity contribution in [2.75, 3.05) is 51.3 Å². The van der Waals surface area contributed by atoms with Crippen molar-refractivity contribution in [2.45, 2.75) is 13.3 Å². The average molecular weight is 336 g/mol. The molecule has 0 amide bonds. The standard InChI is InChI=1S/C17H25FN4O2/c1-3-19-17(20-9-8-16(23)24-2)22-12-10-21(11-13-22)15-7-5-4-6-14(15)18/h4-7H,3,8-13H2,1-2H3,(H,19,20). The Labute approximate surface area is 142 Å². The molecule has 0 atom stereocenters. The van der Waals surface area contributed by atoms with Gasteiger partial charge < -0.3 is 19.9 Å². The van der Waals surface area contributed by atoms with Crippen LogP contribution in [0.5, 0.6) is 0 Å². The minimum atomic E-state index is -0.265. The Kier molecular flexibility index (Phi) is 6.84. The van der Waals surface area contributed by atoms with Crippen LogP contribution in [-0.2, 0) is 9.53 Å². The second-order valence-corrected chi connectivity index (χ2v) is 5.49. The van der Waals surface area contributed by atoms with E-state index < -0.39 is 0 Å². The normalized spacial score (nSPS) is 15.4. The summed E-state index contributed by atoms with van der Waals surface area (Å²) in [7, 11) is 1.37. The fraction of sp³-hybridized carbons (Fsp3) is 0.529. The third-order valence-corrected chi connectivity index (χ3v) is 3.91. The second kappa shape index (κ2) is 9.10. The van der Waals surface area contributed by atoms with E-state index in [2.05, 4.69) is 19.9 Å². The van der Waals surface area contributed by atoms with Gasteiger partial charge in [0.05, 0.1) is 25.8 Å². The molecule has 0 radical (unpaired) electrons. The lowest BCUT2D eigenvalue weighted by atomic mass is 10.2. The zero-order valence-electron chi connectivity index (χ0n) is 14.3. The van der Waals surface area contributed by atoms with E-state index in [0.717, 1.165) is 38.7 Å². The van der Waals surface area contributed by atoms with Gasteiger partial charge in [0, 0.05) is 32.7 Å². The van der Waals surface area contributed by atoms with Gasteiger partial charge in [-0.3, -0.25) is 9.79 Å². The van der Waals surface area contributed by atoms with Crippen LogP contribution in [0, 0.1) is 5.82 Å². The van der Waals surface area contributed by atoms with Crippen LogP contribution >= 0.6 is 0 Å². The van der Waals surface area contributed by atoms with Crippen LogP contribution in [-0.4, -0.2) is 63.2 Å². The first-order valence-electron chi connectivity index (χ1n) is 8.25. The van der Waals surface area contributed by atoms with E-state index in [1.54, 1.807) is 12.1 Å². The van der Waals surface area contributed by atoms with Crippen LogP contribution in [0.4, 0.5) is 10.1 Å². The van der Waals surface area contributed by atoms with Gasteiger partial charge in [0.25, 0.3) is 0 Å². The zero-order valence-corrected chi connectivity index (χ0v) is 14.3. The summed E-state index contributed by atoms with van der Waals surface area (Å²) in [5, 5.41) is 3.24. The number of ether oxygens (including phenoxy) is 1. The van der Waals surface area contributed by atoms with Gasteiger partial charge in [0.1, 0.15) is 5.82 Å². The fourth-order valence-electron chi connectivity index (χ4n) is 2.65. The number of carbonyl (C=O) groups excluding carboxylic acids is 1. The smallest absolute Gasteiger partial charge is 0.307 e. The summed E-state index contributed by atoms with van der Waals surface area (Å²) >= 11 is 0. The second-order valence-electron chi connectivity index (χ2n) is 5.49. The molecule has 1 aromatic carbocycles. The van der Waals surface area contributed by atoms with E-state index in [0.29, 0.717) is 12.2 Å². The largest absolute Gasteiger partial charge is 0.469 e. The number of rotatable bonds is 5. The Hall–Kier alpha value is -2.31. The summed E-state index contributed by atoms with van der Waals surface area (Å²) in [6, 6.07) is 6.84. The first kappa shape index (κ1) is 18.0. The summed E-state index contributed by atoms with van der Waals surface area (Å²) < 4.78 is 18.5. The van der Waals surface area contributed by atoms with Crippen LogP contribution in [0.25, 0.3) is 0 Å². The van der Waals surface area contributed by atoms with E-state index in [-0.39, 0.29) is 18.2 Å². The third kappa shape index (κ3) is 4.84. The predicted octanol–water partition coefficient (Wildman–Crippen LogP) is 1.48. The molecule has 24 heavy (non-hydrogen) atoms. The van der Waals surface area contributed by atoms with Gasteiger partial charge in [-0.2, -0.15) is 0 Å². The summed E-state index contributed by atoms with van der Waals surface area (Å²) in [4.78, 5) is 19.9. The van der Waals surface area contributed by atoms with Crippen LogP contribution < -0.4 is 10.2 Å². The summed E-state index contributed by atoms with van der Waals surface area (Å²) in [6.45, 7) is 6.10. The summed E-state index contributed by atoms with van der Waals surface area (Å²) in [5.41, 5.74) is 0.643. The molecule has 0 spiro atoms. The molecule has 1 aromatic rings. The van der Waals surface area contributed by atoms with E-state index in [1.165, 1.54) is 13.2 Å². The highest BCUT2D eigenvalue weighted by Gasteiger charge is 2.21. The van der Waals surface area contributed by atoms with Crippen LogP contribution in [0.15, 0.2) is 29.3 Å². The first-order chi connectivity index (χ1) is 11.7.